The maximum atomic E-state index is 13.0. The van der Waals surface area contributed by atoms with Gasteiger partial charge in [0.15, 0.2) is 0 Å². The Hall–Kier alpha value is -2.40. The minimum absolute atomic E-state index is 0.0268. The second kappa shape index (κ2) is 6.40. The summed E-state index contributed by atoms with van der Waals surface area (Å²) in [6, 6.07) is 5.25. The number of pyridine rings is 1. The van der Waals surface area contributed by atoms with Crippen LogP contribution < -0.4 is 10.2 Å². The maximum absolute atomic E-state index is 13.0. The maximum Gasteiger partial charge on any atom is 0.259 e. The van der Waals surface area contributed by atoms with E-state index < -0.39 is 0 Å². The van der Waals surface area contributed by atoms with E-state index in [-0.39, 0.29) is 23.9 Å². The molecule has 0 saturated carbocycles. The van der Waals surface area contributed by atoms with Gasteiger partial charge in [0.25, 0.3) is 5.91 Å². The van der Waals surface area contributed by atoms with Crippen LogP contribution in [0, 0.1) is 0 Å². The first-order chi connectivity index (χ1) is 12.5. The third kappa shape index (κ3) is 2.67. The summed E-state index contributed by atoms with van der Waals surface area (Å²) in [6.07, 6.45) is 6.29. The number of amides is 2. The van der Waals surface area contributed by atoms with Crippen molar-refractivity contribution in [1.82, 2.24) is 10.3 Å². The number of hydrogen-bond acceptors (Lipinski definition) is 3. The van der Waals surface area contributed by atoms with Gasteiger partial charge in [0, 0.05) is 23.7 Å². The predicted molar refractivity (Wildman–Crippen MR) is 100 cm³/mol. The smallest absolute Gasteiger partial charge is 0.259 e. The molecule has 1 aromatic heterocycles. The van der Waals surface area contributed by atoms with Gasteiger partial charge in [-0.1, -0.05) is 11.6 Å². The minimum Gasteiger partial charge on any atom is -0.349 e. The van der Waals surface area contributed by atoms with Crippen molar-refractivity contribution in [3.05, 3.63) is 57.9 Å². The molecule has 6 heteroatoms. The number of benzene rings is 1. The van der Waals surface area contributed by atoms with Crippen molar-refractivity contribution >= 4 is 29.1 Å². The summed E-state index contributed by atoms with van der Waals surface area (Å²) < 4.78 is 0. The van der Waals surface area contributed by atoms with Crippen LogP contribution in [0.15, 0.2) is 30.6 Å². The summed E-state index contributed by atoms with van der Waals surface area (Å²) in [5, 5.41) is 3.63. The first-order valence-corrected chi connectivity index (χ1v) is 9.22. The van der Waals surface area contributed by atoms with Crippen molar-refractivity contribution < 1.29 is 9.59 Å². The van der Waals surface area contributed by atoms with Crippen LogP contribution in [0.2, 0.25) is 5.02 Å². The van der Waals surface area contributed by atoms with Crippen molar-refractivity contribution in [2.45, 2.75) is 45.2 Å². The zero-order valence-corrected chi connectivity index (χ0v) is 15.5. The lowest BCUT2D eigenvalue weighted by atomic mass is 9.87. The molecule has 2 heterocycles. The van der Waals surface area contributed by atoms with E-state index in [0.29, 0.717) is 10.6 Å². The predicted octanol–water partition coefficient (Wildman–Crippen LogP) is 3.97. The summed E-state index contributed by atoms with van der Waals surface area (Å²) in [4.78, 5) is 30.8. The fourth-order valence-corrected chi connectivity index (χ4v) is 4.32. The molecule has 26 heavy (non-hydrogen) atoms. The normalized spacial score (nSPS) is 21.3. The monoisotopic (exact) mass is 369 g/mol. The van der Waals surface area contributed by atoms with E-state index in [4.69, 9.17) is 11.6 Å². The highest BCUT2D eigenvalue weighted by atomic mass is 35.5. The van der Waals surface area contributed by atoms with Crippen molar-refractivity contribution in [3.63, 3.8) is 0 Å². The molecule has 0 saturated heterocycles. The minimum atomic E-state index is -0.106. The Balaban J connectivity index is 1.78. The van der Waals surface area contributed by atoms with E-state index in [0.717, 1.165) is 41.6 Å². The van der Waals surface area contributed by atoms with Crippen molar-refractivity contribution in [3.8, 4) is 0 Å². The first kappa shape index (κ1) is 17.0. The van der Waals surface area contributed by atoms with E-state index in [1.54, 1.807) is 18.3 Å². The number of halogens is 1. The zero-order chi connectivity index (χ0) is 18.4. The fraction of sp³-hybridized carbons (Fsp3) is 0.350. The molecule has 0 spiro atoms. The molecule has 0 fully saturated rings. The van der Waals surface area contributed by atoms with Gasteiger partial charge in [-0.3, -0.25) is 19.5 Å². The standard InChI is InChI=1S/C20H20ClN3O2/c1-11-16-8-13(21)6-7-15(16)20(26)24(11)19-10-22-9-17-14(19)4-3-5-18(17)23-12(2)25/h6-11,18H,3-5H2,1-2H3,(H,23,25)/t11-,18-/m1/s1. The lowest BCUT2D eigenvalue weighted by Gasteiger charge is -2.31. The second-order valence-corrected chi connectivity index (χ2v) is 7.39. The van der Waals surface area contributed by atoms with Crippen molar-refractivity contribution in [2.75, 3.05) is 4.90 Å². The summed E-state index contributed by atoms with van der Waals surface area (Å²) in [5.74, 6) is -0.0815. The molecule has 2 aliphatic rings. The molecule has 4 rings (SSSR count). The van der Waals surface area contributed by atoms with Gasteiger partial charge in [0.2, 0.25) is 5.91 Å². The number of carbonyl (C=O) groups excluding carboxylic acids is 2. The van der Waals surface area contributed by atoms with Gasteiger partial charge in [-0.25, -0.2) is 0 Å². The quantitative estimate of drug-likeness (QED) is 0.871. The lowest BCUT2D eigenvalue weighted by molar-refractivity contribution is -0.119. The number of carbonyl (C=O) groups is 2. The number of nitrogens with one attached hydrogen (secondary N) is 1. The molecule has 1 aliphatic heterocycles. The van der Waals surface area contributed by atoms with Crippen LogP contribution >= 0.6 is 11.6 Å². The topological polar surface area (TPSA) is 62.3 Å². The molecular weight excluding hydrogens is 350 g/mol. The highest BCUT2D eigenvalue weighted by molar-refractivity contribution is 6.31. The van der Waals surface area contributed by atoms with E-state index in [1.165, 1.54) is 6.92 Å². The molecule has 0 radical (unpaired) electrons. The summed E-state index contributed by atoms with van der Waals surface area (Å²) >= 11 is 6.13. The Morgan fingerprint density at radius 2 is 2.12 bits per heavy atom. The van der Waals surface area contributed by atoms with Crippen molar-refractivity contribution in [2.24, 2.45) is 0 Å². The van der Waals surface area contributed by atoms with Gasteiger partial charge in [-0.15, -0.1) is 0 Å². The first-order valence-electron chi connectivity index (χ1n) is 8.84. The number of nitrogens with zero attached hydrogens (tertiary/aromatic N) is 2. The average molecular weight is 370 g/mol. The molecule has 134 valence electrons. The summed E-state index contributed by atoms with van der Waals surface area (Å²) in [5.41, 5.74) is 4.58. The Bertz CT molecular complexity index is 912. The average Bonchev–Trinajstić information content (AvgIpc) is 2.85. The van der Waals surface area contributed by atoms with Crippen LogP contribution in [0.1, 0.15) is 65.8 Å². The SMILES string of the molecule is CC(=O)N[C@@H]1CCCc2c1cncc2N1C(=O)c2ccc(Cl)cc2[C@H]1C. The van der Waals surface area contributed by atoms with Gasteiger partial charge in [-0.05, 0) is 61.1 Å². The molecule has 5 nitrogen and oxygen atoms in total. The Morgan fingerprint density at radius 1 is 1.31 bits per heavy atom. The largest absolute Gasteiger partial charge is 0.349 e. The summed E-state index contributed by atoms with van der Waals surface area (Å²) in [7, 11) is 0. The molecule has 2 aromatic rings. The molecule has 0 bridgehead atoms. The molecule has 1 aliphatic carbocycles. The number of fused-ring (bicyclic) bond motifs is 2. The highest BCUT2D eigenvalue weighted by Crippen LogP contribution is 2.42. The van der Waals surface area contributed by atoms with Crippen LogP contribution in [0.3, 0.4) is 0 Å². The molecule has 2 atom stereocenters. The van der Waals surface area contributed by atoms with Gasteiger partial charge in [-0.2, -0.15) is 0 Å². The number of anilines is 1. The molecular formula is C20H20ClN3O2. The van der Waals surface area contributed by atoms with Crippen LogP contribution in [-0.4, -0.2) is 16.8 Å². The molecule has 1 aromatic carbocycles. The second-order valence-electron chi connectivity index (χ2n) is 6.95. The molecule has 0 unspecified atom stereocenters. The Kier molecular flexibility index (Phi) is 4.19. The fourth-order valence-electron chi connectivity index (χ4n) is 4.14. The van der Waals surface area contributed by atoms with E-state index in [9.17, 15) is 9.59 Å². The molecule has 1 N–H and O–H groups in total. The van der Waals surface area contributed by atoms with E-state index >= 15 is 0 Å². The Morgan fingerprint density at radius 3 is 2.88 bits per heavy atom. The van der Waals surface area contributed by atoms with Crippen LogP contribution in [0.5, 0.6) is 0 Å². The van der Waals surface area contributed by atoms with E-state index in [2.05, 4.69) is 10.3 Å². The zero-order valence-electron chi connectivity index (χ0n) is 14.8. The summed E-state index contributed by atoms with van der Waals surface area (Å²) in [6.45, 7) is 3.53. The highest BCUT2D eigenvalue weighted by Gasteiger charge is 2.37. The van der Waals surface area contributed by atoms with Gasteiger partial charge >= 0.3 is 0 Å². The third-order valence-electron chi connectivity index (χ3n) is 5.30. The van der Waals surface area contributed by atoms with Crippen LogP contribution in [0.25, 0.3) is 0 Å². The molecule has 2 amide bonds. The van der Waals surface area contributed by atoms with Gasteiger partial charge < -0.3 is 5.32 Å². The third-order valence-corrected chi connectivity index (χ3v) is 5.54. The van der Waals surface area contributed by atoms with Crippen molar-refractivity contribution in [1.29, 1.82) is 0 Å². The van der Waals surface area contributed by atoms with Crippen LogP contribution in [-0.2, 0) is 11.2 Å². The van der Waals surface area contributed by atoms with Crippen LogP contribution in [0.4, 0.5) is 5.69 Å². The number of aromatic nitrogens is 1. The van der Waals surface area contributed by atoms with Gasteiger partial charge in [0.1, 0.15) is 0 Å². The lowest BCUT2D eigenvalue weighted by Crippen LogP contribution is -2.32. The Labute approximate surface area is 157 Å². The number of rotatable bonds is 2. The van der Waals surface area contributed by atoms with E-state index in [1.807, 2.05) is 24.1 Å². The number of hydrogen-bond donors (Lipinski definition) is 1. The van der Waals surface area contributed by atoms with Gasteiger partial charge in [0.05, 0.1) is 24.0 Å².